The lowest BCUT2D eigenvalue weighted by Gasteiger charge is -2.20. The maximum Gasteiger partial charge on any atom is 0.337 e. The number of carboxylic acids is 1. The van der Waals surface area contributed by atoms with Crippen LogP contribution in [0.2, 0.25) is 0 Å². The number of aromatic carboxylic acids is 1. The van der Waals surface area contributed by atoms with Gasteiger partial charge >= 0.3 is 5.97 Å². The zero-order chi connectivity index (χ0) is 14.2. The second-order valence-electron chi connectivity index (χ2n) is 4.32. The second kappa shape index (κ2) is 5.93. The van der Waals surface area contributed by atoms with Gasteiger partial charge in [0.15, 0.2) is 0 Å². The Hall–Kier alpha value is -0.400. The molecule has 1 atom stereocenters. The van der Waals surface area contributed by atoms with Crippen LogP contribution in [0.15, 0.2) is 21.1 Å². The van der Waals surface area contributed by atoms with Gasteiger partial charge in [0.05, 0.1) is 11.3 Å². The molecule has 1 aromatic carbocycles. The molecular formula is C12H10Br3NO3. The van der Waals surface area contributed by atoms with Crippen LogP contribution in [0, 0.1) is 5.92 Å². The van der Waals surface area contributed by atoms with Crippen molar-refractivity contribution in [2.75, 3.05) is 16.8 Å². The Kier molecular flexibility index (Phi) is 4.68. The molecule has 0 radical (unpaired) electrons. The monoisotopic (exact) mass is 453 g/mol. The molecule has 1 N–H and O–H groups in total. The third-order valence-corrected chi connectivity index (χ3v) is 4.93. The van der Waals surface area contributed by atoms with Crippen molar-refractivity contribution in [3.63, 3.8) is 0 Å². The molecule has 1 heterocycles. The summed E-state index contributed by atoms with van der Waals surface area (Å²) >= 11 is 9.97. The van der Waals surface area contributed by atoms with E-state index >= 15 is 0 Å². The van der Waals surface area contributed by atoms with Crippen LogP contribution in [0.5, 0.6) is 0 Å². The lowest BCUT2D eigenvalue weighted by atomic mass is 10.1. The fraction of sp³-hybridized carbons (Fsp3) is 0.333. The third-order valence-electron chi connectivity index (χ3n) is 2.95. The smallest absolute Gasteiger partial charge is 0.337 e. The Morgan fingerprint density at radius 2 is 2.11 bits per heavy atom. The van der Waals surface area contributed by atoms with Crippen molar-refractivity contribution in [3.8, 4) is 0 Å². The summed E-state index contributed by atoms with van der Waals surface area (Å²) in [5.74, 6) is -0.883. The molecule has 0 spiro atoms. The van der Waals surface area contributed by atoms with Crippen molar-refractivity contribution in [3.05, 3.63) is 26.6 Å². The van der Waals surface area contributed by atoms with Crippen LogP contribution in [-0.2, 0) is 4.79 Å². The number of alkyl halides is 1. The lowest BCUT2D eigenvalue weighted by Crippen LogP contribution is -2.27. The molecular weight excluding hydrogens is 446 g/mol. The van der Waals surface area contributed by atoms with Crippen molar-refractivity contribution in [2.24, 2.45) is 5.92 Å². The first kappa shape index (κ1) is 15.0. The summed E-state index contributed by atoms with van der Waals surface area (Å²) in [6.07, 6.45) is 0.437. The minimum absolute atomic E-state index is 0.0463. The van der Waals surface area contributed by atoms with Gasteiger partial charge in [0.1, 0.15) is 0 Å². The number of anilines is 1. The lowest BCUT2D eigenvalue weighted by molar-refractivity contribution is -0.117. The molecule has 1 fully saturated rings. The van der Waals surface area contributed by atoms with Gasteiger partial charge < -0.3 is 10.0 Å². The van der Waals surface area contributed by atoms with Gasteiger partial charge in [-0.3, -0.25) is 4.79 Å². The van der Waals surface area contributed by atoms with E-state index in [-0.39, 0.29) is 17.4 Å². The highest BCUT2D eigenvalue weighted by atomic mass is 79.9. The minimum Gasteiger partial charge on any atom is -0.478 e. The first-order chi connectivity index (χ1) is 8.93. The SMILES string of the molecule is O=C(O)c1cc(Br)cc(Br)c1N1CC(CBr)CC1=O. The molecule has 1 aromatic rings. The summed E-state index contributed by atoms with van der Waals surface area (Å²) in [5.41, 5.74) is 0.550. The number of hydrogen-bond donors (Lipinski definition) is 1. The number of hydrogen-bond acceptors (Lipinski definition) is 2. The molecule has 1 unspecified atom stereocenters. The predicted molar refractivity (Wildman–Crippen MR) is 83.1 cm³/mol. The van der Waals surface area contributed by atoms with E-state index in [0.717, 1.165) is 5.33 Å². The maximum atomic E-state index is 12.0. The van der Waals surface area contributed by atoms with Crippen molar-refractivity contribution < 1.29 is 14.7 Å². The van der Waals surface area contributed by atoms with Gasteiger partial charge in [-0.2, -0.15) is 0 Å². The quantitative estimate of drug-likeness (QED) is 0.708. The van der Waals surface area contributed by atoms with Crippen LogP contribution < -0.4 is 4.90 Å². The molecule has 2 rings (SSSR count). The van der Waals surface area contributed by atoms with E-state index < -0.39 is 5.97 Å². The van der Waals surface area contributed by atoms with E-state index in [2.05, 4.69) is 47.8 Å². The number of amides is 1. The molecule has 1 aliphatic rings. The van der Waals surface area contributed by atoms with E-state index in [0.29, 0.717) is 27.6 Å². The Balaban J connectivity index is 2.50. The Bertz CT molecular complexity index is 547. The molecule has 0 aliphatic carbocycles. The number of rotatable bonds is 3. The van der Waals surface area contributed by atoms with Crippen molar-refractivity contribution in [2.45, 2.75) is 6.42 Å². The molecule has 1 saturated heterocycles. The summed E-state index contributed by atoms with van der Waals surface area (Å²) in [4.78, 5) is 24.9. The van der Waals surface area contributed by atoms with Crippen LogP contribution in [0.1, 0.15) is 16.8 Å². The van der Waals surface area contributed by atoms with Crippen LogP contribution in [0.4, 0.5) is 5.69 Å². The highest BCUT2D eigenvalue weighted by molar-refractivity contribution is 9.11. The van der Waals surface area contributed by atoms with Gasteiger partial charge in [-0.1, -0.05) is 31.9 Å². The van der Waals surface area contributed by atoms with E-state index in [4.69, 9.17) is 0 Å². The molecule has 102 valence electrons. The number of carboxylic acid groups (broad SMARTS) is 1. The minimum atomic E-state index is -1.05. The van der Waals surface area contributed by atoms with Gasteiger partial charge in [0.2, 0.25) is 5.91 Å². The third kappa shape index (κ3) is 3.03. The number of carbonyl (C=O) groups is 2. The zero-order valence-electron chi connectivity index (χ0n) is 9.70. The number of halogens is 3. The van der Waals surface area contributed by atoms with Gasteiger partial charge in [0, 0.05) is 27.2 Å². The van der Waals surface area contributed by atoms with Gasteiger partial charge in [-0.15, -0.1) is 0 Å². The highest BCUT2D eigenvalue weighted by Gasteiger charge is 2.33. The van der Waals surface area contributed by atoms with E-state index in [1.807, 2.05) is 0 Å². The Labute approximate surface area is 135 Å². The highest BCUT2D eigenvalue weighted by Crippen LogP contribution is 2.37. The topological polar surface area (TPSA) is 57.6 Å². The number of carbonyl (C=O) groups excluding carboxylic acids is 1. The number of benzene rings is 1. The molecule has 1 aliphatic heterocycles. The number of nitrogens with zero attached hydrogens (tertiary/aromatic N) is 1. The normalized spacial score (nSPS) is 19.0. The molecule has 0 bridgehead atoms. The summed E-state index contributed by atoms with van der Waals surface area (Å²) < 4.78 is 1.26. The van der Waals surface area contributed by atoms with Crippen LogP contribution >= 0.6 is 47.8 Å². The molecule has 0 saturated carbocycles. The second-order valence-corrected chi connectivity index (χ2v) is 6.74. The van der Waals surface area contributed by atoms with E-state index in [1.165, 1.54) is 6.07 Å². The maximum absolute atomic E-state index is 12.0. The standard InChI is InChI=1S/C12H10Br3NO3/c13-4-6-1-10(17)16(5-6)11-8(12(18)19)2-7(14)3-9(11)15/h2-3,6H,1,4-5H2,(H,18,19). The molecule has 7 heteroatoms. The Morgan fingerprint density at radius 3 is 2.63 bits per heavy atom. The fourth-order valence-electron chi connectivity index (χ4n) is 2.10. The summed E-state index contributed by atoms with van der Waals surface area (Å²) in [6.45, 7) is 0.532. The van der Waals surface area contributed by atoms with Crippen molar-refractivity contribution >= 4 is 65.4 Å². The average molecular weight is 456 g/mol. The van der Waals surface area contributed by atoms with Gasteiger partial charge in [-0.05, 0) is 34.0 Å². The van der Waals surface area contributed by atoms with Gasteiger partial charge in [-0.25, -0.2) is 4.79 Å². The van der Waals surface area contributed by atoms with Crippen LogP contribution in [0.25, 0.3) is 0 Å². The van der Waals surface area contributed by atoms with Crippen LogP contribution in [-0.4, -0.2) is 28.9 Å². The molecule has 19 heavy (non-hydrogen) atoms. The zero-order valence-corrected chi connectivity index (χ0v) is 14.5. The first-order valence-corrected chi connectivity index (χ1v) is 8.23. The molecule has 1 amide bonds. The van der Waals surface area contributed by atoms with E-state index in [9.17, 15) is 14.7 Å². The van der Waals surface area contributed by atoms with Crippen molar-refractivity contribution in [1.82, 2.24) is 0 Å². The van der Waals surface area contributed by atoms with Gasteiger partial charge in [0.25, 0.3) is 0 Å². The van der Waals surface area contributed by atoms with Crippen molar-refractivity contribution in [1.29, 1.82) is 0 Å². The summed E-state index contributed by atoms with van der Waals surface area (Å²) in [7, 11) is 0. The van der Waals surface area contributed by atoms with E-state index in [1.54, 1.807) is 11.0 Å². The predicted octanol–water partition coefficient (Wildman–Crippen LogP) is 3.66. The molecule has 0 aromatic heterocycles. The summed E-state index contributed by atoms with van der Waals surface area (Å²) in [6, 6.07) is 3.26. The average Bonchev–Trinajstić information content (AvgIpc) is 2.69. The molecule has 4 nitrogen and oxygen atoms in total. The fourth-order valence-corrected chi connectivity index (χ4v) is 3.98. The largest absolute Gasteiger partial charge is 0.478 e. The van der Waals surface area contributed by atoms with Crippen LogP contribution in [0.3, 0.4) is 0 Å². The summed E-state index contributed by atoms with van der Waals surface area (Å²) in [5, 5.41) is 10.0. The first-order valence-electron chi connectivity index (χ1n) is 5.52. The Morgan fingerprint density at radius 1 is 1.42 bits per heavy atom.